The fraction of sp³-hybridized carbons (Fsp3) is 0.333. The number of rotatable bonds is 10. The van der Waals surface area contributed by atoms with Gasteiger partial charge in [-0.3, -0.25) is 4.99 Å². The van der Waals surface area contributed by atoms with Gasteiger partial charge in [-0.05, 0) is 72.0 Å². The minimum Gasteiger partial charge on any atom is -0.406 e. The molecule has 3 aromatic carbocycles. The molecule has 0 aliphatic carbocycles. The molecule has 7 nitrogen and oxygen atoms in total. The average Bonchev–Trinajstić information content (AvgIpc) is 3.50. The Kier molecular flexibility index (Phi) is 12.6. The zero-order valence-electron chi connectivity index (χ0n) is 26.6. The van der Waals surface area contributed by atoms with Crippen molar-refractivity contribution >= 4 is 39.5 Å². The zero-order valence-corrected chi connectivity index (χ0v) is 28.2. The van der Waals surface area contributed by atoms with Gasteiger partial charge in [0.25, 0.3) is 0 Å². The Bertz CT molecular complexity index is 1700. The Balaban J connectivity index is 1.46. The summed E-state index contributed by atoms with van der Waals surface area (Å²) in [4.78, 5) is 13.3. The first-order chi connectivity index (χ1) is 22.7. The quantitative estimate of drug-likeness (QED) is 0.100. The van der Waals surface area contributed by atoms with Crippen molar-refractivity contribution in [1.82, 2.24) is 14.8 Å². The van der Waals surface area contributed by atoms with Gasteiger partial charge in [0.2, 0.25) is 0 Å². The van der Waals surface area contributed by atoms with Gasteiger partial charge in [-0.15, -0.1) is 18.3 Å². The molecule has 0 aliphatic rings. The third kappa shape index (κ3) is 11.6. The van der Waals surface area contributed by atoms with E-state index in [-0.39, 0.29) is 23.4 Å². The summed E-state index contributed by atoms with van der Waals surface area (Å²) in [5.74, 6) is -0.161. The molecule has 4 rings (SSSR count). The molecule has 15 heteroatoms. The van der Waals surface area contributed by atoms with Gasteiger partial charge < -0.3 is 10.1 Å². The molecule has 0 radical (unpaired) electrons. The second-order valence-corrected chi connectivity index (χ2v) is 13.0. The first-order valence-corrected chi connectivity index (χ1v) is 16.9. The number of nitrogens with zero attached hydrogens (tertiary/aromatic N) is 5. The van der Waals surface area contributed by atoms with Crippen LogP contribution >= 0.6 is 23.5 Å². The molecule has 0 aliphatic heterocycles. The number of hydrogen-bond donors (Lipinski definition) is 1. The van der Waals surface area contributed by atoms with E-state index in [2.05, 4.69) is 44.0 Å². The fourth-order valence-electron chi connectivity index (χ4n) is 4.40. The Morgan fingerprint density at radius 3 is 2.29 bits per heavy atom. The predicted octanol–water partition coefficient (Wildman–Crippen LogP) is 9.68. The maximum Gasteiger partial charge on any atom is 0.573 e. The highest BCUT2D eigenvalue weighted by molar-refractivity contribution is 8.15. The minimum atomic E-state index is -4.78. The number of hydrogen-bond acceptors (Lipinski definition) is 6. The summed E-state index contributed by atoms with van der Waals surface area (Å²) in [7, 11) is 0. The molecule has 1 heterocycles. The van der Waals surface area contributed by atoms with Gasteiger partial charge >= 0.3 is 12.5 Å². The number of aliphatic imine (C=N–C) groups is 2. The SMILES string of the molecule is CCSC(=NC(=NCCc1ccc(-c2ncn(-c3ccc(OC(F)(F)F)cc3)n2)cc1)SCC(F)(F)F)Nc1cc(C)ccc1C(C)C. The lowest BCUT2D eigenvalue weighted by Crippen LogP contribution is -2.17. The van der Waals surface area contributed by atoms with Gasteiger partial charge in [-0.2, -0.15) is 18.2 Å². The molecule has 1 aromatic heterocycles. The van der Waals surface area contributed by atoms with Gasteiger partial charge in [0.05, 0.1) is 11.4 Å². The zero-order chi connectivity index (χ0) is 34.9. The number of aryl methyl sites for hydroxylation is 1. The smallest absolute Gasteiger partial charge is 0.406 e. The van der Waals surface area contributed by atoms with Crippen LogP contribution in [0.5, 0.6) is 5.75 Å². The van der Waals surface area contributed by atoms with E-state index >= 15 is 0 Å². The summed E-state index contributed by atoms with van der Waals surface area (Å²) in [5.41, 5.74) is 5.08. The van der Waals surface area contributed by atoms with Crippen LogP contribution in [0, 0.1) is 6.92 Å². The maximum atomic E-state index is 13.2. The largest absolute Gasteiger partial charge is 0.573 e. The third-order valence-corrected chi connectivity index (χ3v) is 8.31. The Morgan fingerprint density at radius 2 is 1.67 bits per heavy atom. The third-order valence-electron chi connectivity index (χ3n) is 6.60. The number of anilines is 1. The number of aromatic nitrogens is 3. The summed E-state index contributed by atoms with van der Waals surface area (Å²) < 4.78 is 82.1. The first-order valence-electron chi connectivity index (χ1n) is 14.9. The average molecular weight is 709 g/mol. The van der Waals surface area contributed by atoms with Crippen molar-refractivity contribution in [2.24, 2.45) is 9.98 Å². The maximum absolute atomic E-state index is 13.2. The van der Waals surface area contributed by atoms with Crippen molar-refractivity contribution in [3.63, 3.8) is 0 Å². The highest BCUT2D eigenvalue weighted by Gasteiger charge is 2.31. The number of benzene rings is 3. The van der Waals surface area contributed by atoms with Gasteiger partial charge in [-0.1, -0.05) is 80.7 Å². The predicted molar refractivity (Wildman–Crippen MR) is 182 cm³/mol. The van der Waals surface area contributed by atoms with Gasteiger partial charge in [0.1, 0.15) is 12.1 Å². The second-order valence-electron chi connectivity index (χ2n) is 10.8. The van der Waals surface area contributed by atoms with E-state index in [4.69, 9.17) is 0 Å². The highest BCUT2D eigenvalue weighted by Crippen LogP contribution is 2.28. The second kappa shape index (κ2) is 16.4. The molecule has 0 spiro atoms. The van der Waals surface area contributed by atoms with Gasteiger partial charge in [0.15, 0.2) is 16.2 Å². The topological polar surface area (TPSA) is 76.7 Å². The van der Waals surface area contributed by atoms with Crippen LogP contribution in [0.2, 0.25) is 0 Å². The minimum absolute atomic E-state index is 0.0406. The lowest BCUT2D eigenvalue weighted by molar-refractivity contribution is -0.274. The van der Waals surface area contributed by atoms with E-state index < -0.39 is 18.3 Å². The first kappa shape index (κ1) is 36.8. The number of thioether (sulfide) groups is 2. The van der Waals surface area contributed by atoms with Crippen molar-refractivity contribution in [3.05, 3.63) is 89.7 Å². The summed E-state index contributed by atoms with van der Waals surface area (Å²) in [6.07, 6.45) is -7.26. The molecule has 0 amide bonds. The summed E-state index contributed by atoms with van der Waals surface area (Å²) in [6, 6.07) is 18.6. The number of alkyl halides is 6. The number of amidine groups is 2. The highest BCUT2D eigenvalue weighted by atomic mass is 32.2. The molecule has 256 valence electrons. The number of nitrogens with one attached hydrogen (secondary N) is 1. The number of ether oxygens (including phenoxy) is 1. The molecule has 0 bridgehead atoms. The molecular formula is C33H34F6N6OS2. The normalized spacial score (nSPS) is 12.9. The molecule has 0 unspecified atom stereocenters. The Hall–Kier alpha value is -3.98. The van der Waals surface area contributed by atoms with E-state index in [0.717, 1.165) is 22.4 Å². The van der Waals surface area contributed by atoms with Crippen LogP contribution in [0.1, 0.15) is 43.4 Å². The summed E-state index contributed by atoms with van der Waals surface area (Å²) in [6.45, 7) is 8.28. The fourth-order valence-corrected chi connectivity index (χ4v) is 5.69. The van der Waals surface area contributed by atoms with E-state index in [1.54, 1.807) is 0 Å². The lowest BCUT2D eigenvalue weighted by atomic mass is 9.99. The van der Waals surface area contributed by atoms with E-state index in [1.165, 1.54) is 47.0 Å². The molecule has 4 aromatic rings. The van der Waals surface area contributed by atoms with Crippen LogP contribution in [0.25, 0.3) is 17.1 Å². The molecule has 48 heavy (non-hydrogen) atoms. The monoisotopic (exact) mass is 708 g/mol. The molecule has 0 atom stereocenters. The van der Waals surface area contributed by atoms with Crippen molar-refractivity contribution in [1.29, 1.82) is 0 Å². The van der Waals surface area contributed by atoms with Gasteiger partial charge in [0, 0.05) is 17.8 Å². The van der Waals surface area contributed by atoms with E-state index in [0.29, 0.717) is 46.2 Å². The summed E-state index contributed by atoms with van der Waals surface area (Å²) >= 11 is 1.95. The van der Waals surface area contributed by atoms with Crippen LogP contribution in [0.15, 0.2) is 83.0 Å². The molecule has 0 saturated heterocycles. The van der Waals surface area contributed by atoms with Gasteiger partial charge in [-0.25, -0.2) is 9.67 Å². The van der Waals surface area contributed by atoms with Crippen molar-refractivity contribution in [2.75, 3.05) is 23.4 Å². The molecular weight excluding hydrogens is 675 g/mol. The van der Waals surface area contributed by atoms with E-state index in [9.17, 15) is 26.3 Å². The van der Waals surface area contributed by atoms with E-state index in [1.807, 2.05) is 56.3 Å². The van der Waals surface area contributed by atoms with Crippen LogP contribution in [0.3, 0.4) is 0 Å². The lowest BCUT2D eigenvalue weighted by Gasteiger charge is -2.17. The van der Waals surface area contributed by atoms with Crippen molar-refractivity contribution < 1.29 is 31.1 Å². The summed E-state index contributed by atoms with van der Waals surface area (Å²) in [5, 5.41) is 8.25. The molecule has 0 saturated carbocycles. The van der Waals surface area contributed by atoms with Crippen LogP contribution in [-0.2, 0) is 6.42 Å². The van der Waals surface area contributed by atoms with Crippen LogP contribution in [0.4, 0.5) is 32.0 Å². The standard InChI is InChI=1S/C33H34F6N6OS2/c1-5-47-31(42-28-18-22(4)6-15-27(28)21(2)3)43-30(48-19-32(34,35)36)40-17-16-23-7-9-24(10-8-23)29-41-20-45(44-29)25-11-13-26(14-12-25)46-33(37,38)39/h6-15,18,20-21H,5,16-17,19H2,1-4H3,(H,40,42,43). The van der Waals surface area contributed by atoms with Crippen LogP contribution in [-0.4, -0.2) is 55.7 Å². The van der Waals surface area contributed by atoms with Crippen molar-refractivity contribution in [2.45, 2.75) is 52.6 Å². The van der Waals surface area contributed by atoms with Crippen LogP contribution < -0.4 is 10.1 Å². The molecule has 1 N–H and O–H groups in total. The van der Waals surface area contributed by atoms with Crippen molar-refractivity contribution in [3.8, 4) is 22.8 Å². The Labute approximate surface area is 283 Å². The Morgan fingerprint density at radius 1 is 0.958 bits per heavy atom. The number of halogens is 6. The molecule has 0 fully saturated rings.